The van der Waals surface area contributed by atoms with Gasteiger partial charge in [-0.3, -0.25) is 4.79 Å². The van der Waals surface area contributed by atoms with Crippen molar-refractivity contribution in [2.75, 3.05) is 19.0 Å². The van der Waals surface area contributed by atoms with Crippen molar-refractivity contribution < 1.29 is 14.6 Å². The highest BCUT2D eigenvalue weighted by molar-refractivity contribution is 5.92. The van der Waals surface area contributed by atoms with Gasteiger partial charge in [0.05, 0.1) is 18.4 Å². The molecule has 1 aromatic rings. The Labute approximate surface area is 139 Å². The van der Waals surface area contributed by atoms with Crippen molar-refractivity contribution in [3.8, 4) is 5.75 Å². The van der Waals surface area contributed by atoms with Crippen LogP contribution in [0.5, 0.6) is 5.75 Å². The summed E-state index contributed by atoms with van der Waals surface area (Å²) in [6, 6.07) is 7.29. The maximum Gasteiger partial charge on any atom is 0.226 e. The normalized spacial score (nSPS) is 16.3. The fourth-order valence-corrected chi connectivity index (χ4v) is 2.29. The lowest BCUT2D eigenvalue weighted by Gasteiger charge is -2.31. The van der Waals surface area contributed by atoms with E-state index < -0.39 is 5.60 Å². The van der Waals surface area contributed by atoms with Crippen LogP contribution >= 0.6 is 0 Å². The van der Waals surface area contributed by atoms with E-state index in [0.29, 0.717) is 24.4 Å². The van der Waals surface area contributed by atoms with Crippen molar-refractivity contribution in [3.05, 3.63) is 24.3 Å². The lowest BCUT2D eigenvalue weighted by Crippen LogP contribution is -2.46. The van der Waals surface area contributed by atoms with Gasteiger partial charge < -0.3 is 20.5 Å². The maximum atomic E-state index is 12.1. The average molecular weight is 322 g/mol. The monoisotopic (exact) mass is 322 g/mol. The second kappa shape index (κ2) is 8.89. The van der Waals surface area contributed by atoms with Crippen LogP contribution in [0.1, 0.15) is 40.5 Å². The fraction of sp³-hybridized carbons (Fsp3) is 0.611. The van der Waals surface area contributed by atoms with E-state index in [-0.39, 0.29) is 17.9 Å². The molecule has 0 bridgehead atoms. The standard InChI is InChI=1S/C18H30N2O3/c1-6-13(2)18(4,22)12-19-14(3)11-17(21)20-15-9-7-8-10-16(15)23-5/h7-10,13-14,19,22H,6,11-12H2,1-5H3,(H,20,21). The zero-order valence-corrected chi connectivity index (χ0v) is 14.8. The number of rotatable bonds is 9. The number of anilines is 1. The third-order valence-corrected chi connectivity index (χ3v) is 4.36. The van der Waals surface area contributed by atoms with Crippen molar-refractivity contribution >= 4 is 11.6 Å². The predicted octanol–water partition coefficient (Wildman–Crippen LogP) is 2.80. The van der Waals surface area contributed by atoms with Gasteiger partial charge in [-0.25, -0.2) is 0 Å². The Morgan fingerprint density at radius 1 is 1.35 bits per heavy atom. The number of ether oxygens (including phenoxy) is 1. The smallest absolute Gasteiger partial charge is 0.226 e. The number of amides is 1. The van der Waals surface area contributed by atoms with Gasteiger partial charge in [-0.2, -0.15) is 0 Å². The summed E-state index contributed by atoms with van der Waals surface area (Å²) in [5.41, 5.74) is -0.110. The molecule has 0 saturated heterocycles. The molecule has 0 spiro atoms. The summed E-state index contributed by atoms with van der Waals surface area (Å²) in [7, 11) is 1.58. The third-order valence-electron chi connectivity index (χ3n) is 4.36. The van der Waals surface area contributed by atoms with E-state index in [0.717, 1.165) is 6.42 Å². The number of methoxy groups -OCH3 is 1. The van der Waals surface area contributed by atoms with Gasteiger partial charge >= 0.3 is 0 Å². The molecule has 3 N–H and O–H groups in total. The maximum absolute atomic E-state index is 12.1. The first-order valence-electron chi connectivity index (χ1n) is 8.18. The Morgan fingerprint density at radius 2 is 2.00 bits per heavy atom. The number of carbonyl (C=O) groups is 1. The van der Waals surface area contributed by atoms with Crippen LogP contribution in [0.25, 0.3) is 0 Å². The molecule has 0 aliphatic rings. The van der Waals surface area contributed by atoms with E-state index in [1.54, 1.807) is 13.2 Å². The van der Waals surface area contributed by atoms with Crippen LogP contribution in [-0.2, 0) is 4.79 Å². The summed E-state index contributed by atoms with van der Waals surface area (Å²) in [5.74, 6) is 0.753. The predicted molar refractivity (Wildman–Crippen MR) is 93.8 cm³/mol. The lowest BCUT2D eigenvalue weighted by molar-refractivity contribution is -0.116. The van der Waals surface area contributed by atoms with Crippen molar-refractivity contribution in [2.45, 2.75) is 52.2 Å². The van der Waals surface area contributed by atoms with E-state index in [9.17, 15) is 9.90 Å². The lowest BCUT2D eigenvalue weighted by atomic mass is 9.88. The van der Waals surface area contributed by atoms with E-state index >= 15 is 0 Å². The summed E-state index contributed by atoms with van der Waals surface area (Å²) in [5, 5.41) is 16.5. The number of hydrogen-bond donors (Lipinski definition) is 3. The first kappa shape index (κ1) is 19.5. The van der Waals surface area contributed by atoms with Crippen LogP contribution in [0.3, 0.4) is 0 Å². The molecule has 1 rings (SSSR count). The molecule has 5 nitrogen and oxygen atoms in total. The number of para-hydroxylation sites is 2. The molecule has 0 aliphatic carbocycles. The van der Waals surface area contributed by atoms with E-state index in [1.165, 1.54) is 0 Å². The zero-order valence-electron chi connectivity index (χ0n) is 14.8. The van der Waals surface area contributed by atoms with Crippen LogP contribution in [0.4, 0.5) is 5.69 Å². The Morgan fingerprint density at radius 3 is 2.61 bits per heavy atom. The molecule has 0 saturated carbocycles. The number of carbonyl (C=O) groups excluding carboxylic acids is 1. The van der Waals surface area contributed by atoms with Crippen LogP contribution in [0.15, 0.2) is 24.3 Å². The Hall–Kier alpha value is -1.59. The number of benzene rings is 1. The van der Waals surface area contributed by atoms with Crippen molar-refractivity contribution in [3.63, 3.8) is 0 Å². The fourth-order valence-electron chi connectivity index (χ4n) is 2.29. The molecule has 23 heavy (non-hydrogen) atoms. The van der Waals surface area contributed by atoms with Gasteiger partial charge in [-0.1, -0.05) is 32.4 Å². The summed E-state index contributed by atoms with van der Waals surface area (Å²) in [6.45, 7) is 8.32. The van der Waals surface area contributed by atoms with Gasteiger partial charge in [0.15, 0.2) is 0 Å². The van der Waals surface area contributed by atoms with Crippen LogP contribution in [0.2, 0.25) is 0 Å². The van der Waals surface area contributed by atoms with Gasteiger partial charge in [-0.15, -0.1) is 0 Å². The van der Waals surface area contributed by atoms with Crippen molar-refractivity contribution in [2.24, 2.45) is 5.92 Å². The van der Waals surface area contributed by atoms with Gasteiger partial charge in [-0.05, 0) is 31.9 Å². The molecule has 5 heteroatoms. The molecule has 3 atom stereocenters. The summed E-state index contributed by atoms with van der Waals surface area (Å²) >= 11 is 0. The second-order valence-electron chi connectivity index (χ2n) is 6.40. The minimum Gasteiger partial charge on any atom is -0.495 e. The van der Waals surface area contributed by atoms with E-state index in [2.05, 4.69) is 17.6 Å². The molecule has 0 heterocycles. The average Bonchev–Trinajstić information content (AvgIpc) is 2.52. The molecule has 0 fully saturated rings. The molecular weight excluding hydrogens is 292 g/mol. The molecule has 0 aromatic heterocycles. The topological polar surface area (TPSA) is 70.6 Å². The van der Waals surface area contributed by atoms with Crippen molar-refractivity contribution in [1.82, 2.24) is 5.32 Å². The molecule has 1 aromatic carbocycles. The van der Waals surface area contributed by atoms with Crippen LogP contribution in [-0.4, -0.2) is 36.3 Å². The summed E-state index contributed by atoms with van der Waals surface area (Å²) in [6.07, 6.45) is 1.24. The number of nitrogens with one attached hydrogen (secondary N) is 2. The second-order valence-corrected chi connectivity index (χ2v) is 6.40. The van der Waals surface area contributed by atoms with E-state index in [1.807, 2.05) is 39.0 Å². The van der Waals surface area contributed by atoms with Crippen molar-refractivity contribution in [1.29, 1.82) is 0 Å². The Bertz CT molecular complexity index is 503. The molecule has 0 aliphatic heterocycles. The number of hydrogen-bond acceptors (Lipinski definition) is 4. The molecule has 130 valence electrons. The Balaban J connectivity index is 2.48. The van der Waals surface area contributed by atoms with E-state index in [4.69, 9.17) is 4.74 Å². The SMILES string of the molecule is CCC(C)C(C)(O)CNC(C)CC(=O)Nc1ccccc1OC. The van der Waals surface area contributed by atoms with Crippen LogP contribution < -0.4 is 15.4 Å². The Kier molecular flexibility index (Phi) is 7.52. The minimum absolute atomic E-state index is 0.0276. The molecule has 0 radical (unpaired) electrons. The highest BCUT2D eigenvalue weighted by Crippen LogP contribution is 2.23. The molecular formula is C18H30N2O3. The highest BCUT2D eigenvalue weighted by atomic mass is 16.5. The largest absolute Gasteiger partial charge is 0.495 e. The molecule has 3 unspecified atom stereocenters. The van der Waals surface area contributed by atoms with Crippen LogP contribution in [0, 0.1) is 5.92 Å². The van der Waals surface area contributed by atoms with Gasteiger partial charge in [0.25, 0.3) is 0 Å². The highest BCUT2D eigenvalue weighted by Gasteiger charge is 2.27. The number of aliphatic hydroxyl groups is 1. The first-order valence-corrected chi connectivity index (χ1v) is 8.18. The first-order chi connectivity index (χ1) is 10.8. The van der Waals surface area contributed by atoms with Gasteiger partial charge in [0.1, 0.15) is 5.75 Å². The summed E-state index contributed by atoms with van der Waals surface area (Å²) < 4.78 is 5.22. The minimum atomic E-state index is -0.776. The quantitative estimate of drug-likeness (QED) is 0.654. The molecule has 1 amide bonds. The van der Waals surface area contributed by atoms with Gasteiger partial charge in [0, 0.05) is 19.0 Å². The summed E-state index contributed by atoms with van der Waals surface area (Å²) in [4.78, 5) is 12.1. The third kappa shape index (κ3) is 6.20. The zero-order chi connectivity index (χ0) is 17.5. The van der Waals surface area contributed by atoms with Gasteiger partial charge in [0.2, 0.25) is 5.91 Å².